The molecule has 0 aliphatic carbocycles. The first-order valence-corrected chi connectivity index (χ1v) is 6.56. The van der Waals surface area contributed by atoms with Crippen LogP contribution >= 0.6 is 0 Å². The van der Waals surface area contributed by atoms with Crippen molar-refractivity contribution < 1.29 is 19.2 Å². The summed E-state index contributed by atoms with van der Waals surface area (Å²) in [6.07, 6.45) is 0.777. The largest absolute Gasteiger partial charge is 0.477 e. The SMILES string of the molecule is CCC(C)NC(=O)COc1ccc(C(C)=O)cc1[N+](=O)[O-]. The van der Waals surface area contributed by atoms with Gasteiger partial charge >= 0.3 is 5.69 Å². The van der Waals surface area contributed by atoms with E-state index in [0.29, 0.717) is 0 Å². The van der Waals surface area contributed by atoms with E-state index in [9.17, 15) is 19.7 Å². The number of Topliss-reactive ketones (excluding diaryl/α,β-unsaturated/α-hetero) is 1. The molecule has 1 aromatic carbocycles. The van der Waals surface area contributed by atoms with Gasteiger partial charge in [-0.15, -0.1) is 0 Å². The maximum absolute atomic E-state index is 11.6. The van der Waals surface area contributed by atoms with Crippen LogP contribution in [0.2, 0.25) is 0 Å². The summed E-state index contributed by atoms with van der Waals surface area (Å²) in [4.78, 5) is 33.1. The molecule has 1 rings (SSSR count). The Kier molecular flexibility index (Phi) is 5.83. The highest BCUT2D eigenvalue weighted by atomic mass is 16.6. The molecule has 0 bridgehead atoms. The second kappa shape index (κ2) is 7.37. The van der Waals surface area contributed by atoms with Gasteiger partial charge in [0.25, 0.3) is 5.91 Å². The maximum Gasteiger partial charge on any atom is 0.311 e. The van der Waals surface area contributed by atoms with Crippen LogP contribution in [0.5, 0.6) is 5.75 Å². The summed E-state index contributed by atoms with van der Waals surface area (Å²) in [6, 6.07) is 3.91. The third kappa shape index (κ3) is 4.87. The summed E-state index contributed by atoms with van der Waals surface area (Å²) in [5, 5.41) is 13.7. The maximum atomic E-state index is 11.6. The molecular formula is C14H18N2O5. The highest BCUT2D eigenvalue weighted by Crippen LogP contribution is 2.28. The molecule has 0 saturated carbocycles. The van der Waals surface area contributed by atoms with E-state index in [1.54, 1.807) is 0 Å². The molecule has 0 heterocycles. The molecule has 1 N–H and O–H groups in total. The van der Waals surface area contributed by atoms with Gasteiger partial charge in [-0.05, 0) is 32.4 Å². The summed E-state index contributed by atoms with van der Waals surface area (Å²) in [5.74, 6) is -0.669. The van der Waals surface area contributed by atoms with Crippen LogP contribution in [0.15, 0.2) is 18.2 Å². The Balaban J connectivity index is 2.81. The topological polar surface area (TPSA) is 98.5 Å². The second-order valence-electron chi connectivity index (χ2n) is 4.66. The fourth-order valence-electron chi connectivity index (χ4n) is 1.56. The Hall–Kier alpha value is -2.44. The molecule has 1 atom stereocenters. The molecule has 1 amide bonds. The molecule has 0 aromatic heterocycles. The van der Waals surface area contributed by atoms with Gasteiger partial charge in [0.05, 0.1) is 4.92 Å². The number of hydrogen-bond acceptors (Lipinski definition) is 5. The molecule has 0 fully saturated rings. The Bertz CT molecular complexity index is 556. The standard InChI is InChI=1S/C14H18N2O5/c1-4-9(2)15-14(18)8-21-13-6-5-11(10(3)17)7-12(13)16(19)20/h5-7,9H,4,8H2,1-3H3,(H,15,18). The molecule has 7 nitrogen and oxygen atoms in total. The average Bonchev–Trinajstić information content (AvgIpc) is 2.44. The van der Waals surface area contributed by atoms with Crippen molar-refractivity contribution in [1.29, 1.82) is 0 Å². The van der Waals surface area contributed by atoms with E-state index in [1.165, 1.54) is 19.1 Å². The van der Waals surface area contributed by atoms with E-state index in [2.05, 4.69) is 5.32 Å². The summed E-state index contributed by atoms with van der Waals surface area (Å²) in [6.45, 7) is 4.78. The van der Waals surface area contributed by atoms with Gasteiger partial charge in [-0.25, -0.2) is 0 Å². The molecule has 0 aliphatic heterocycles. The third-order valence-electron chi connectivity index (χ3n) is 2.94. The van der Waals surface area contributed by atoms with Crippen LogP contribution in [0.4, 0.5) is 5.69 Å². The molecule has 0 spiro atoms. The monoisotopic (exact) mass is 294 g/mol. The van der Waals surface area contributed by atoms with Crippen LogP contribution in [-0.2, 0) is 4.79 Å². The molecule has 21 heavy (non-hydrogen) atoms. The van der Waals surface area contributed by atoms with Gasteiger partial charge in [-0.2, -0.15) is 0 Å². The fourth-order valence-corrected chi connectivity index (χ4v) is 1.56. The van der Waals surface area contributed by atoms with Crippen LogP contribution in [-0.4, -0.2) is 29.3 Å². The van der Waals surface area contributed by atoms with Crippen LogP contribution in [0.3, 0.4) is 0 Å². The van der Waals surface area contributed by atoms with Crippen molar-refractivity contribution in [3.8, 4) is 5.75 Å². The van der Waals surface area contributed by atoms with Crippen molar-refractivity contribution in [2.75, 3.05) is 6.61 Å². The van der Waals surface area contributed by atoms with Gasteiger partial charge in [0, 0.05) is 17.7 Å². The Labute approximate surface area is 122 Å². The minimum absolute atomic E-state index is 0.0103. The normalized spacial score (nSPS) is 11.6. The minimum Gasteiger partial charge on any atom is -0.477 e. The second-order valence-corrected chi connectivity index (χ2v) is 4.66. The predicted molar refractivity (Wildman–Crippen MR) is 76.5 cm³/mol. The number of carbonyl (C=O) groups excluding carboxylic acids is 2. The summed E-state index contributed by atoms with van der Waals surface area (Å²) in [7, 11) is 0. The highest BCUT2D eigenvalue weighted by molar-refractivity contribution is 5.95. The van der Waals surface area contributed by atoms with Crippen LogP contribution < -0.4 is 10.1 Å². The first-order valence-electron chi connectivity index (χ1n) is 6.56. The smallest absolute Gasteiger partial charge is 0.311 e. The first-order chi connectivity index (χ1) is 9.85. The van der Waals surface area contributed by atoms with Gasteiger partial charge in [0.2, 0.25) is 0 Å². The zero-order valence-corrected chi connectivity index (χ0v) is 12.2. The quantitative estimate of drug-likeness (QED) is 0.471. The van der Waals surface area contributed by atoms with Gasteiger partial charge in [0.15, 0.2) is 18.1 Å². The Morgan fingerprint density at radius 1 is 1.43 bits per heavy atom. The number of carbonyl (C=O) groups is 2. The molecule has 7 heteroatoms. The van der Waals surface area contributed by atoms with Crippen molar-refractivity contribution in [2.24, 2.45) is 0 Å². The molecule has 1 unspecified atom stereocenters. The van der Waals surface area contributed by atoms with Gasteiger partial charge < -0.3 is 10.1 Å². The summed E-state index contributed by atoms with van der Waals surface area (Å²) < 4.78 is 5.18. The number of ketones is 1. The third-order valence-corrected chi connectivity index (χ3v) is 2.94. The fraction of sp³-hybridized carbons (Fsp3) is 0.429. The van der Waals surface area contributed by atoms with Crippen molar-refractivity contribution in [1.82, 2.24) is 5.32 Å². The average molecular weight is 294 g/mol. The lowest BCUT2D eigenvalue weighted by atomic mass is 10.1. The van der Waals surface area contributed by atoms with E-state index in [4.69, 9.17) is 4.74 Å². The number of hydrogen-bond donors (Lipinski definition) is 1. The van der Waals surface area contributed by atoms with Gasteiger partial charge in [-0.3, -0.25) is 19.7 Å². The molecule has 0 radical (unpaired) electrons. The number of rotatable bonds is 7. The molecular weight excluding hydrogens is 276 g/mol. The lowest BCUT2D eigenvalue weighted by Gasteiger charge is -2.12. The lowest BCUT2D eigenvalue weighted by Crippen LogP contribution is -2.35. The van der Waals surface area contributed by atoms with Crippen molar-refractivity contribution >= 4 is 17.4 Å². The number of benzene rings is 1. The van der Waals surface area contributed by atoms with Crippen molar-refractivity contribution in [2.45, 2.75) is 33.2 Å². The van der Waals surface area contributed by atoms with Crippen LogP contribution in [0, 0.1) is 10.1 Å². The minimum atomic E-state index is -0.644. The zero-order valence-electron chi connectivity index (χ0n) is 12.2. The number of nitro benzene ring substituents is 1. The summed E-state index contributed by atoms with van der Waals surface area (Å²) in [5.41, 5.74) is -0.114. The van der Waals surface area contributed by atoms with E-state index in [-0.39, 0.29) is 41.3 Å². The molecule has 1 aromatic rings. The Morgan fingerprint density at radius 3 is 2.62 bits per heavy atom. The van der Waals surface area contributed by atoms with Crippen LogP contribution in [0.25, 0.3) is 0 Å². The van der Waals surface area contributed by atoms with Crippen LogP contribution in [0.1, 0.15) is 37.6 Å². The van der Waals surface area contributed by atoms with Crippen molar-refractivity contribution in [3.63, 3.8) is 0 Å². The number of ether oxygens (including phenoxy) is 1. The predicted octanol–water partition coefficient (Wildman–Crippen LogP) is 2.09. The van der Waals surface area contributed by atoms with E-state index in [1.807, 2.05) is 13.8 Å². The molecule has 114 valence electrons. The number of amides is 1. The molecule has 0 aliphatic rings. The zero-order chi connectivity index (χ0) is 16.0. The molecule has 0 saturated heterocycles. The van der Waals surface area contributed by atoms with E-state index < -0.39 is 4.92 Å². The number of nitro groups is 1. The van der Waals surface area contributed by atoms with Gasteiger partial charge in [0.1, 0.15) is 0 Å². The summed E-state index contributed by atoms with van der Waals surface area (Å²) >= 11 is 0. The lowest BCUT2D eigenvalue weighted by molar-refractivity contribution is -0.385. The first kappa shape index (κ1) is 16.6. The Morgan fingerprint density at radius 2 is 2.10 bits per heavy atom. The van der Waals surface area contributed by atoms with E-state index >= 15 is 0 Å². The number of nitrogens with zero attached hydrogens (tertiary/aromatic N) is 1. The van der Waals surface area contributed by atoms with E-state index in [0.717, 1.165) is 12.5 Å². The van der Waals surface area contributed by atoms with Crippen molar-refractivity contribution in [3.05, 3.63) is 33.9 Å². The highest BCUT2D eigenvalue weighted by Gasteiger charge is 2.18. The van der Waals surface area contributed by atoms with Gasteiger partial charge in [-0.1, -0.05) is 6.92 Å². The number of nitrogens with one attached hydrogen (secondary N) is 1.